The van der Waals surface area contributed by atoms with Gasteiger partial charge in [0, 0.05) is 29.0 Å². The number of rotatable bonds is 8. The molecule has 1 heterocycles. The van der Waals surface area contributed by atoms with E-state index in [0.717, 1.165) is 16.5 Å². The molecule has 0 bridgehead atoms. The average Bonchev–Trinajstić information content (AvgIpc) is 3.73. The van der Waals surface area contributed by atoms with E-state index >= 15 is 0 Å². The van der Waals surface area contributed by atoms with Gasteiger partial charge in [0.05, 0.1) is 19.7 Å². The van der Waals surface area contributed by atoms with Crippen LogP contribution >= 0.6 is 0 Å². The van der Waals surface area contributed by atoms with Crippen LogP contribution in [0.2, 0.25) is 0 Å². The van der Waals surface area contributed by atoms with Crippen LogP contribution in [0.1, 0.15) is 24.0 Å². The van der Waals surface area contributed by atoms with E-state index in [1.165, 1.54) is 0 Å². The average molecular weight is 512 g/mol. The molecule has 0 radical (unpaired) electrons. The van der Waals surface area contributed by atoms with E-state index in [1.54, 1.807) is 44.7 Å². The van der Waals surface area contributed by atoms with Gasteiger partial charge < -0.3 is 24.8 Å². The summed E-state index contributed by atoms with van der Waals surface area (Å²) < 4.78 is 17.0. The second-order valence-corrected chi connectivity index (χ2v) is 9.47. The summed E-state index contributed by atoms with van der Waals surface area (Å²) >= 11 is 0. The number of nitrogens with one attached hydrogen (secondary N) is 2. The predicted molar refractivity (Wildman–Crippen MR) is 146 cm³/mol. The van der Waals surface area contributed by atoms with E-state index < -0.39 is 5.41 Å². The van der Waals surface area contributed by atoms with Crippen LogP contribution in [0.3, 0.4) is 0 Å². The number of amides is 2. The van der Waals surface area contributed by atoms with Gasteiger partial charge in [-0.1, -0.05) is 17.7 Å². The fraction of sp³-hybridized carbons (Fsp3) is 0.233. The number of methoxy groups -OCH3 is 2. The molecular formula is C30H29N3O5. The zero-order valence-electron chi connectivity index (χ0n) is 21.8. The molecule has 4 aromatic rings. The Balaban J connectivity index is 1.31. The van der Waals surface area contributed by atoms with Gasteiger partial charge in [0.25, 0.3) is 0 Å². The van der Waals surface area contributed by atoms with Crippen molar-refractivity contribution in [2.75, 3.05) is 24.9 Å². The lowest BCUT2D eigenvalue weighted by atomic mass is 10.0. The van der Waals surface area contributed by atoms with E-state index in [9.17, 15) is 9.59 Å². The summed E-state index contributed by atoms with van der Waals surface area (Å²) in [6.45, 7) is 3.88. The van der Waals surface area contributed by atoms with Crippen LogP contribution in [0, 0.1) is 19.3 Å². The smallest absolute Gasteiger partial charge is 0.240 e. The molecule has 1 fully saturated rings. The zero-order chi connectivity index (χ0) is 26.9. The van der Waals surface area contributed by atoms with Crippen molar-refractivity contribution in [1.82, 2.24) is 4.98 Å². The molecule has 0 aliphatic heterocycles. The molecule has 5 rings (SSSR count). The number of anilines is 2. The standard InChI is InChI=1S/C30H29N3O5/c1-18-5-7-20(8-6-18)32-28(34)30(12-13-30)29(35)33-21-9-10-24(19(2)15-21)38-25-11-14-31-23-17-27(37-4)26(36-3)16-22(23)25/h5-11,14-17H,12-13H2,1-4H3,(H,32,34)(H,33,35). The lowest BCUT2D eigenvalue weighted by Crippen LogP contribution is -2.35. The molecule has 2 amide bonds. The zero-order valence-corrected chi connectivity index (χ0v) is 21.8. The van der Waals surface area contributed by atoms with Crippen molar-refractivity contribution in [3.8, 4) is 23.0 Å². The minimum Gasteiger partial charge on any atom is -0.493 e. The van der Waals surface area contributed by atoms with Gasteiger partial charge in [-0.05, 0) is 74.7 Å². The molecule has 3 aromatic carbocycles. The Morgan fingerprint density at radius 2 is 1.39 bits per heavy atom. The Bertz CT molecular complexity index is 1530. The van der Waals surface area contributed by atoms with Crippen LogP contribution in [-0.4, -0.2) is 31.0 Å². The van der Waals surface area contributed by atoms with Gasteiger partial charge in [0.1, 0.15) is 16.9 Å². The van der Waals surface area contributed by atoms with Crippen LogP contribution in [0.15, 0.2) is 66.9 Å². The quantitative estimate of drug-likeness (QED) is 0.281. The third-order valence-electron chi connectivity index (χ3n) is 6.79. The van der Waals surface area contributed by atoms with Gasteiger partial charge in [-0.3, -0.25) is 14.6 Å². The van der Waals surface area contributed by atoms with Crippen molar-refractivity contribution in [2.24, 2.45) is 5.41 Å². The molecule has 0 saturated heterocycles. The molecule has 8 nitrogen and oxygen atoms in total. The first-order valence-electron chi connectivity index (χ1n) is 12.3. The Morgan fingerprint density at radius 1 is 0.763 bits per heavy atom. The van der Waals surface area contributed by atoms with Crippen LogP contribution in [0.5, 0.6) is 23.0 Å². The van der Waals surface area contributed by atoms with Gasteiger partial charge >= 0.3 is 0 Å². The Morgan fingerprint density at radius 3 is 2.03 bits per heavy atom. The monoisotopic (exact) mass is 511 g/mol. The highest BCUT2D eigenvalue weighted by Gasteiger charge is 2.56. The number of carbonyl (C=O) groups excluding carboxylic acids is 2. The van der Waals surface area contributed by atoms with Crippen molar-refractivity contribution in [1.29, 1.82) is 0 Å². The van der Waals surface area contributed by atoms with E-state index in [-0.39, 0.29) is 11.8 Å². The van der Waals surface area contributed by atoms with E-state index in [1.807, 2.05) is 50.2 Å². The summed E-state index contributed by atoms with van der Waals surface area (Å²) in [4.78, 5) is 30.4. The number of aromatic nitrogens is 1. The molecule has 0 spiro atoms. The topological polar surface area (TPSA) is 98.8 Å². The van der Waals surface area contributed by atoms with Gasteiger partial charge in [-0.2, -0.15) is 0 Å². The number of nitrogens with zero attached hydrogens (tertiary/aromatic N) is 1. The fourth-order valence-electron chi connectivity index (χ4n) is 4.32. The lowest BCUT2D eigenvalue weighted by Gasteiger charge is -2.17. The second-order valence-electron chi connectivity index (χ2n) is 9.47. The summed E-state index contributed by atoms with van der Waals surface area (Å²) in [5.41, 5.74) is 2.85. The highest BCUT2D eigenvalue weighted by Crippen LogP contribution is 2.47. The molecule has 1 aliphatic rings. The van der Waals surface area contributed by atoms with E-state index in [4.69, 9.17) is 14.2 Å². The molecule has 1 aliphatic carbocycles. The molecule has 194 valence electrons. The van der Waals surface area contributed by atoms with Crippen molar-refractivity contribution < 1.29 is 23.8 Å². The fourth-order valence-corrected chi connectivity index (χ4v) is 4.32. The number of ether oxygens (including phenoxy) is 3. The van der Waals surface area contributed by atoms with Crippen molar-refractivity contribution >= 4 is 34.1 Å². The van der Waals surface area contributed by atoms with Crippen LogP contribution < -0.4 is 24.8 Å². The maximum Gasteiger partial charge on any atom is 0.240 e. The van der Waals surface area contributed by atoms with Crippen molar-refractivity contribution in [3.05, 3.63) is 78.0 Å². The Labute approximate surface area is 220 Å². The lowest BCUT2D eigenvalue weighted by molar-refractivity contribution is -0.131. The third kappa shape index (κ3) is 4.85. The number of pyridine rings is 1. The van der Waals surface area contributed by atoms with Crippen molar-refractivity contribution in [3.63, 3.8) is 0 Å². The minimum absolute atomic E-state index is 0.285. The summed E-state index contributed by atoms with van der Waals surface area (Å²) in [7, 11) is 3.16. The second kappa shape index (κ2) is 10.0. The molecule has 0 atom stereocenters. The highest BCUT2D eigenvalue weighted by molar-refractivity contribution is 6.17. The molecular weight excluding hydrogens is 482 g/mol. The number of fused-ring (bicyclic) bond motifs is 1. The summed E-state index contributed by atoms with van der Waals surface area (Å²) in [5.74, 6) is 1.81. The number of hydrogen-bond acceptors (Lipinski definition) is 6. The van der Waals surface area contributed by atoms with E-state index in [2.05, 4.69) is 15.6 Å². The predicted octanol–water partition coefficient (Wildman–Crippen LogP) is 6.02. The first-order chi connectivity index (χ1) is 18.3. The SMILES string of the molecule is COc1cc2nccc(Oc3ccc(NC(=O)C4(C(=O)Nc5ccc(C)cc5)CC4)cc3C)c2cc1OC. The van der Waals surface area contributed by atoms with Gasteiger partial charge in [-0.25, -0.2) is 0 Å². The Hall–Kier alpha value is -4.59. The third-order valence-corrected chi connectivity index (χ3v) is 6.79. The summed E-state index contributed by atoms with van der Waals surface area (Å²) in [5, 5.41) is 6.56. The maximum atomic E-state index is 13.1. The number of aryl methyl sites for hydroxylation is 2. The summed E-state index contributed by atoms with van der Waals surface area (Å²) in [6.07, 6.45) is 2.70. The summed E-state index contributed by atoms with van der Waals surface area (Å²) in [6, 6.07) is 18.3. The first-order valence-corrected chi connectivity index (χ1v) is 12.3. The van der Waals surface area contributed by atoms with Gasteiger partial charge in [0.15, 0.2) is 11.5 Å². The maximum absolute atomic E-state index is 13.1. The Kier molecular flexibility index (Phi) is 6.63. The molecule has 0 unspecified atom stereocenters. The molecule has 2 N–H and O–H groups in total. The molecule has 1 aromatic heterocycles. The van der Waals surface area contributed by atoms with Gasteiger partial charge in [-0.15, -0.1) is 0 Å². The van der Waals surface area contributed by atoms with Crippen LogP contribution in [0.4, 0.5) is 11.4 Å². The van der Waals surface area contributed by atoms with E-state index in [0.29, 0.717) is 52.7 Å². The molecule has 38 heavy (non-hydrogen) atoms. The number of carbonyl (C=O) groups is 2. The molecule has 1 saturated carbocycles. The number of benzene rings is 3. The van der Waals surface area contributed by atoms with Crippen LogP contribution in [-0.2, 0) is 9.59 Å². The number of hydrogen-bond donors (Lipinski definition) is 2. The largest absolute Gasteiger partial charge is 0.493 e. The molecule has 8 heteroatoms. The first kappa shape index (κ1) is 25.1. The minimum atomic E-state index is -1.05. The normalized spacial score (nSPS) is 13.5. The highest BCUT2D eigenvalue weighted by atomic mass is 16.5. The van der Waals surface area contributed by atoms with Gasteiger partial charge in [0.2, 0.25) is 11.8 Å². The van der Waals surface area contributed by atoms with Crippen molar-refractivity contribution in [2.45, 2.75) is 26.7 Å². The van der Waals surface area contributed by atoms with Crippen LogP contribution in [0.25, 0.3) is 10.9 Å².